The first-order valence-electron chi connectivity index (χ1n) is 8.19. The first-order chi connectivity index (χ1) is 12.5. The van der Waals surface area contributed by atoms with Crippen molar-refractivity contribution in [1.29, 1.82) is 0 Å². The van der Waals surface area contributed by atoms with Crippen LogP contribution in [0.1, 0.15) is 29.5 Å². The molecule has 0 aliphatic carbocycles. The summed E-state index contributed by atoms with van der Waals surface area (Å²) in [7, 11) is 1.64. The van der Waals surface area contributed by atoms with Crippen LogP contribution in [-0.4, -0.2) is 24.2 Å². The van der Waals surface area contributed by atoms with Gasteiger partial charge in [-0.05, 0) is 54.7 Å². The van der Waals surface area contributed by atoms with Gasteiger partial charge >= 0.3 is 0 Å². The van der Waals surface area contributed by atoms with Gasteiger partial charge in [0.15, 0.2) is 0 Å². The number of methoxy groups -OCH3 is 1. The van der Waals surface area contributed by atoms with E-state index in [1.807, 2.05) is 25.1 Å². The number of nitro groups is 1. The summed E-state index contributed by atoms with van der Waals surface area (Å²) in [4.78, 5) is 21.9. The number of aryl methyl sites for hydroxylation is 2. The number of carbonyl (C=O) groups excluding carboxylic acids is 1. The zero-order valence-electron chi connectivity index (χ0n) is 14.8. The minimum Gasteiger partial charge on any atom is -0.496 e. The molecule has 1 N–H and O–H groups in total. The highest BCUT2D eigenvalue weighted by molar-refractivity contribution is 5.82. The molecule has 0 saturated heterocycles. The molecule has 0 aliphatic heterocycles. The molecule has 2 rings (SSSR count). The van der Waals surface area contributed by atoms with Crippen LogP contribution >= 0.6 is 0 Å². The lowest BCUT2D eigenvalue weighted by molar-refractivity contribution is -0.384. The minimum absolute atomic E-state index is 0.0118. The Bertz CT molecular complexity index is 801. The molecule has 2 aromatic rings. The van der Waals surface area contributed by atoms with Crippen molar-refractivity contribution in [2.45, 2.75) is 26.2 Å². The molecule has 0 fully saturated rings. The van der Waals surface area contributed by atoms with Gasteiger partial charge in [-0.15, -0.1) is 0 Å². The third-order valence-corrected chi connectivity index (χ3v) is 3.80. The predicted octanol–water partition coefficient (Wildman–Crippen LogP) is 3.38. The topological polar surface area (TPSA) is 93.8 Å². The second-order valence-electron chi connectivity index (χ2n) is 5.81. The van der Waals surface area contributed by atoms with E-state index in [9.17, 15) is 14.9 Å². The number of nitro benzene ring substituents is 1. The Balaban J connectivity index is 1.77. The van der Waals surface area contributed by atoms with Gasteiger partial charge in [-0.3, -0.25) is 14.9 Å². The van der Waals surface area contributed by atoms with Gasteiger partial charge in [-0.2, -0.15) is 5.10 Å². The summed E-state index contributed by atoms with van der Waals surface area (Å²) in [5.74, 6) is 0.649. The molecular weight excluding hydrogens is 334 g/mol. The maximum atomic E-state index is 11.8. The molecule has 0 unspecified atom stereocenters. The van der Waals surface area contributed by atoms with Crippen molar-refractivity contribution in [3.05, 3.63) is 69.3 Å². The molecule has 2 aromatic carbocycles. The summed E-state index contributed by atoms with van der Waals surface area (Å²) < 4.78 is 5.35. The Morgan fingerprint density at radius 1 is 1.27 bits per heavy atom. The lowest BCUT2D eigenvalue weighted by Crippen LogP contribution is -2.17. The molecule has 0 heterocycles. The van der Waals surface area contributed by atoms with Gasteiger partial charge in [-0.25, -0.2) is 5.43 Å². The third-order valence-electron chi connectivity index (χ3n) is 3.80. The number of nitrogens with one attached hydrogen (secondary N) is 1. The lowest BCUT2D eigenvalue weighted by Gasteiger charge is -2.09. The van der Waals surface area contributed by atoms with Gasteiger partial charge in [0.05, 0.1) is 18.2 Å². The van der Waals surface area contributed by atoms with Crippen molar-refractivity contribution in [2.75, 3.05) is 7.11 Å². The fourth-order valence-electron chi connectivity index (χ4n) is 2.41. The van der Waals surface area contributed by atoms with Crippen molar-refractivity contribution in [2.24, 2.45) is 5.10 Å². The molecule has 0 saturated carbocycles. The van der Waals surface area contributed by atoms with Crippen molar-refractivity contribution >= 4 is 17.8 Å². The van der Waals surface area contributed by atoms with E-state index >= 15 is 0 Å². The highest BCUT2D eigenvalue weighted by Gasteiger charge is 2.06. The van der Waals surface area contributed by atoms with Crippen LogP contribution in [0.2, 0.25) is 0 Å². The Kier molecular flexibility index (Phi) is 6.84. The Hall–Kier alpha value is -3.22. The van der Waals surface area contributed by atoms with Gasteiger partial charge in [-0.1, -0.05) is 12.1 Å². The maximum Gasteiger partial charge on any atom is 0.269 e. The quantitative estimate of drug-likeness (QED) is 0.446. The molecule has 1 amide bonds. The summed E-state index contributed by atoms with van der Waals surface area (Å²) >= 11 is 0. The average molecular weight is 355 g/mol. The van der Waals surface area contributed by atoms with E-state index in [1.54, 1.807) is 19.2 Å². The molecule has 136 valence electrons. The van der Waals surface area contributed by atoms with Gasteiger partial charge in [0.2, 0.25) is 5.91 Å². The average Bonchev–Trinajstić information content (AvgIpc) is 2.63. The SMILES string of the molecule is COc1cc(C)ccc1CCCC(=O)NN=Cc1ccc([N+](=O)[O-])cc1. The van der Waals surface area contributed by atoms with Gasteiger partial charge in [0.1, 0.15) is 5.75 Å². The first-order valence-corrected chi connectivity index (χ1v) is 8.19. The second kappa shape index (κ2) is 9.31. The molecule has 0 spiro atoms. The van der Waals surface area contributed by atoms with Crippen LogP contribution in [0, 0.1) is 17.0 Å². The van der Waals surface area contributed by atoms with Crippen LogP contribution in [0.15, 0.2) is 47.6 Å². The Morgan fingerprint density at radius 2 is 2.00 bits per heavy atom. The van der Waals surface area contributed by atoms with E-state index in [-0.39, 0.29) is 11.6 Å². The van der Waals surface area contributed by atoms with E-state index < -0.39 is 4.92 Å². The van der Waals surface area contributed by atoms with Crippen molar-refractivity contribution in [1.82, 2.24) is 5.43 Å². The van der Waals surface area contributed by atoms with Crippen LogP contribution in [0.25, 0.3) is 0 Å². The standard InChI is InChI=1S/C19H21N3O4/c1-14-6-9-16(18(12-14)26-2)4-3-5-19(23)21-20-13-15-7-10-17(11-8-15)22(24)25/h6-13H,3-5H2,1-2H3,(H,21,23). The fraction of sp³-hybridized carbons (Fsp3) is 0.263. The zero-order valence-corrected chi connectivity index (χ0v) is 14.8. The molecule has 0 atom stereocenters. The molecule has 0 aromatic heterocycles. The van der Waals surface area contributed by atoms with Gasteiger partial charge in [0.25, 0.3) is 5.69 Å². The van der Waals surface area contributed by atoms with E-state index in [4.69, 9.17) is 4.74 Å². The van der Waals surface area contributed by atoms with E-state index in [0.29, 0.717) is 18.4 Å². The van der Waals surface area contributed by atoms with E-state index in [1.165, 1.54) is 18.3 Å². The normalized spacial score (nSPS) is 10.7. The van der Waals surface area contributed by atoms with Crippen LogP contribution in [0.5, 0.6) is 5.75 Å². The maximum absolute atomic E-state index is 11.8. The molecule has 7 nitrogen and oxygen atoms in total. The lowest BCUT2D eigenvalue weighted by atomic mass is 10.0. The van der Waals surface area contributed by atoms with Crippen molar-refractivity contribution in [3.8, 4) is 5.75 Å². The number of ether oxygens (including phenoxy) is 1. The van der Waals surface area contributed by atoms with Crippen molar-refractivity contribution < 1.29 is 14.5 Å². The largest absolute Gasteiger partial charge is 0.496 e. The number of hydrogen-bond donors (Lipinski definition) is 1. The number of hydrazone groups is 1. The van der Waals surface area contributed by atoms with E-state index in [0.717, 1.165) is 23.3 Å². The third kappa shape index (κ3) is 5.70. The number of rotatable bonds is 8. The fourth-order valence-corrected chi connectivity index (χ4v) is 2.41. The van der Waals surface area contributed by atoms with Gasteiger partial charge in [0, 0.05) is 18.6 Å². The summed E-state index contributed by atoms with van der Waals surface area (Å²) in [5, 5.41) is 14.5. The highest BCUT2D eigenvalue weighted by Crippen LogP contribution is 2.21. The smallest absolute Gasteiger partial charge is 0.269 e. The summed E-state index contributed by atoms with van der Waals surface area (Å²) in [6.45, 7) is 2.00. The number of non-ortho nitro benzene ring substituents is 1. The molecule has 0 bridgehead atoms. The monoisotopic (exact) mass is 355 g/mol. The minimum atomic E-state index is -0.467. The molecule has 0 aliphatic rings. The molecule has 0 radical (unpaired) electrons. The van der Waals surface area contributed by atoms with Crippen LogP contribution < -0.4 is 10.2 Å². The van der Waals surface area contributed by atoms with Crippen LogP contribution in [0.4, 0.5) is 5.69 Å². The summed E-state index contributed by atoms with van der Waals surface area (Å²) in [5.41, 5.74) is 5.33. The number of amides is 1. The first kappa shape index (κ1) is 19.1. The van der Waals surface area contributed by atoms with E-state index in [2.05, 4.69) is 10.5 Å². The van der Waals surface area contributed by atoms with Gasteiger partial charge < -0.3 is 4.74 Å². The Morgan fingerprint density at radius 3 is 2.65 bits per heavy atom. The number of carbonyl (C=O) groups is 1. The number of nitrogens with zero attached hydrogens (tertiary/aromatic N) is 2. The van der Waals surface area contributed by atoms with Crippen LogP contribution in [0.3, 0.4) is 0 Å². The number of benzene rings is 2. The summed E-state index contributed by atoms with van der Waals surface area (Å²) in [6.07, 6.45) is 3.21. The summed E-state index contributed by atoms with van der Waals surface area (Å²) in [6, 6.07) is 11.9. The molecular formula is C19H21N3O4. The second-order valence-corrected chi connectivity index (χ2v) is 5.81. The van der Waals surface area contributed by atoms with Crippen molar-refractivity contribution in [3.63, 3.8) is 0 Å². The zero-order chi connectivity index (χ0) is 18.9. The molecule has 7 heteroatoms. The molecule has 26 heavy (non-hydrogen) atoms. The Labute approximate surface area is 151 Å². The predicted molar refractivity (Wildman–Crippen MR) is 99.5 cm³/mol. The van der Waals surface area contributed by atoms with Crippen LogP contribution in [-0.2, 0) is 11.2 Å². The number of hydrogen-bond acceptors (Lipinski definition) is 5. The highest BCUT2D eigenvalue weighted by atomic mass is 16.6.